The number of nitrogens with one attached hydrogen (secondary N) is 2. The normalized spacial score (nSPS) is 18.7. The number of carbonyl (C=O) groups excluding carboxylic acids is 1. The van der Waals surface area contributed by atoms with Crippen LogP contribution < -0.4 is 10.6 Å². The van der Waals surface area contributed by atoms with Crippen LogP contribution in [0.3, 0.4) is 0 Å². The number of rotatable bonds is 4. The van der Waals surface area contributed by atoms with E-state index in [0.717, 1.165) is 25.7 Å². The molecule has 0 aliphatic heterocycles. The van der Waals surface area contributed by atoms with E-state index >= 15 is 0 Å². The van der Waals surface area contributed by atoms with E-state index in [-0.39, 0.29) is 30.0 Å². The molecule has 0 aromatic rings. The number of carboxylic acid groups (broad SMARTS) is 1. The zero-order chi connectivity index (χ0) is 14.5. The van der Waals surface area contributed by atoms with Crippen LogP contribution in [0.15, 0.2) is 0 Å². The third kappa shape index (κ3) is 5.94. The van der Waals surface area contributed by atoms with E-state index in [1.807, 2.05) is 20.8 Å². The maximum Gasteiger partial charge on any atom is 0.315 e. The average Bonchev–Trinajstić information content (AvgIpc) is 2.27. The number of carbonyl (C=O) groups is 2. The van der Waals surface area contributed by atoms with E-state index in [2.05, 4.69) is 10.6 Å². The first-order valence-corrected chi connectivity index (χ1v) is 7.08. The molecule has 1 saturated carbocycles. The minimum Gasteiger partial charge on any atom is -0.481 e. The fourth-order valence-corrected chi connectivity index (χ4v) is 2.38. The summed E-state index contributed by atoms with van der Waals surface area (Å²) in [6.45, 7) is 5.80. The Morgan fingerprint density at radius 1 is 1.21 bits per heavy atom. The van der Waals surface area contributed by atoms with Crippen molar-refractivity contribution >= 4 is 12.0 Å². The maximum absolute atomic E-state index is 11.9. The van der Waals surface area contributed by atoms with Crippen molar-refractivity contribution in [3.8, 4) is 0 Å². The largest absolute Gasteiger partial charge is 0.481 e. The molecule has 1 aliphatic carbocycles. The van der Waals surface area contributed by atoms with Crippen LogP contribution in [0.25, 0.3) is 0 Å². The summed E-state index contributed by atoms with van der Waals surface area (Å²) in [5.74, 6) is -0.891. The molecular formula is C14H26N2O3. The molecule has 1 rings (SSSR count). The summed E-state index contributed by atoms with van der Waals surface area (Å²) in [6, 6.07) is -0.374. The molecule has 19 heavy (non-hydrogen) atoms. The summed E-state index contributed by atoms with van der Waals surface area (Å²) in [4.78, 5) is 22.8. The quantitative estimate of drug-likeness (QED) is 0.734. The minimum absolute atomic E-state index is 0.0540. The SMILES string of the molecule is CC(C)(C)C(CC(=O)O)NC(=O)NC1CCCCC1. The van der Waals surface area contributed by atoms with Crippen molar-refractivity contribution in [1.29, 1.82) is 0 Å². The van der Waals surface area contributed by atoms with Gasteiger partial charge in [-0.1, -0.05) is 40.0 Å². The van der Waals surface area contributed by atoms with Gasteiger partial charge in [-0.2, -0.15) is 0 Å². The van der Waals surface area contributed by atoms with Crippen LogP contribution in [-0.2, 0) is 4.79 Å². The van der Waals surface area contributed by atoms with Gasteiger partial charge in [0.25, 0.3) is 0 Å². The Kier molecular flexibility index (Phi) is 5.63. The number of carboxylic acids is 1. The van der Waals surface area contributed by atoms with Crippen molar-refractivity contribution in [3.63, 3.8) is 0 Å². The van der Waals surface area contributed by atoms with Crippen molar-refractivity contribution in [2.75, 3.05) is 0 Å². The van der Waals surface area contributed by atoms with Gasteiger partial charge < -0.3 is 15.7 Å². The fraction of sp³-hybridized carbons (Fsp3) is 0.857. The highest BCUT2D eigenvalue weighted by molar-refractivity contribution is 5.76. The van der Waals surface area contributed by atoms with Crippen LogP contribution in [0.5, 0.6) is 0 Å². The van der Waals surface area contributed by atoms with Crippen molar-refractivity contribution < 1.29 is 14.7 Å². The number of urea groups is 1. The van der Waals surface area contributed by atoms with Crippen LogP contribution in [0.1, 0.15) is 59.3 Å². The molecule has 0 radical (unpaired) electrons. The molecule has 1 unspecified atom stereocenters. The third-order valence-electron chi connectivity index (χ3n) is 3.67. The second-order valence-corrected chi connectivity index (χ2v) is 6.47. The van der Waals surface area contributed by atoms with E-state index < -0.39 is 5.97 Å². The van der Waals surface area contributed by atoms with E-state index in [4.69, 9.17) is 5.11 Å². The molecule has 0 aromatic carbocycles. The standard InChI is InChI=1S/C14H26N2O3/c1-14(2,3)11(9-12(17)18)16-13(19)15-10-7-5-4-6-8-10/h10-11H,4-9H2,1-3H3,(H,17,18)(H2,15,16,19). The van der Waals surface area contributed by atoms with Crippen molar-refractivity contribution in [3.05, 3.63) is 0 Å². The highest BCUT2D eigenvalue weighted by atomic mass is 16.4. The highest BCUT2D eigenvalue weighted by Gasteiger charge is 2.29. The monoisotopic (exact) mass is 270 g/mol. The third-order valence-corrected chi connectivity index (χ3v) is 3.67. The van der Waals surface area contributed by atoms with Gasteiger partial charge in [0.1, 0.15) is 0 Å². The Morgan fingerprint density at radius 3 is 2.26 bits per heavy atom. The Hall–Kier alpha value is -1.26. The Morgan fingerprint density at radius 2 is 1.79 bits per heavy atom. The summed E-state index contributed by atoms with van der Waals surface area (Å²) in [5, 5.41) is 14.7. The van der Waals surface area contributed by atoms with Gasteiger partial charge in [-0.3, -0.25) is 4.79 Å². The van der Waals surface area contributed by atoms with Gasteiger partial charge >= 0.3 is 12.0 Å². The number of amides is 2. The topological polar surface area (TPSA) is 78.4 Å². The fourth-order valence-electron chi connectivity index (χ4n) is 2.38. The maximum atomic E-state index is 11.9. The molecule has 110 valence electrons. The summed E-state index contributed by atoms with van der Waals surface area (Å²) in [7, 11) is 0. The van der Waals surface area contributed by atoms with E-state index in [1.165, 1.54) is 6.42 Å². The predicted molar refractivity (Wildman–Crippen MR) is 74.0 cm³/mol. The molecule has 1 atom stereocenters. The zero-order valence-electron chi connectivity index (χ0n) is 12.2. The minimum atomic E-state index is -0.891. The summed E-state index contributed by atoms with van der Waals surface area (Å²) < 4.78 is 0. The Bertz CT molecular complexity index is 317. The second kappa shape index (κ2) is 6.78. The molecule has 5 heteroatoms. The number of aliphatic carboxylic acids is 1. The molecule has 0 saturated heterocycles. The lowest BCUT2D eigenvalue weighted by molar-refractivity contribution is -0.138. The number of hydrogen-bond donors (Lipinski definition) is 3. The predicted octanol–water partition coefficient (Wildman–Crippen LogP) is 2.51. The first-order chi connectivity index (χ1) is 8.79. The summed E-state index contributed by atoms with van der Waals surface area (Å²) in [5.41, 5.74) is -0.276. The molecule has 0 spiro atoms. The van der Waals surface area contributed by atoms with Crippen molar-refractivity contribution in [2.45, 2.75) is 71.4 Å². The summed E-state index contributed by atoms with van der Waals surface area (Å²) >= 11 is 0. The van der Waals surface area contributed by atoms with Gasteiger partial charge in [0.2, 0.25) is 0 Å². The first kappa shape index (κ1) is 15.8. The van der Waals surface area contributed by atoms with Gasteiger partial charge in [-0.15, -0.1) is 0 Å². The van der Waals surface area contributed by atoms with E-state index in [0.29, 0.717) is 0 Å². The molecule has 1 fully saturated rings. The van der Waals surface area contributed by atoms with Crippen LogP contribution in [-0.4, -0.2) is 29.2 Å². The van der Waals surface area contributed by atoms with Crippen LogP contribution in [0.4, 0.5) is 4.79 Å². The lowest BCUT2D eigenvalue weighted by atomic mass is 9.85. The molecule has 0 heterocycles. The number of hydrogen-bond acceptors (Lipinski definition) is 2. The molecule has 0 aromatic heterocycles. The van der Waals surface area contributed by atoms with Gasteiger partial charge in [-0.25, -0.2) is 4.79 Å². The van der Waals surface area contributed by atoms with Crippen molar-refractivity contribution in [2.24, 2.45) is 5.41 Å². The van der Waals surface area contributed by atoms with Crippen LogP contribution >= 0.6 is 0 Å². The Labute approximate surface area is 115 Å². The Balaban J connectivity index is 2.48. The van der Waals surface area contributed by atoms with Gasteiger partial charge in [0.05, 0.1) is 6.42 Å². The second-order valence-electron chi connectivity index (χ2n) is 6.47. The zero-order valence-corrected chi connectivity index (χ0v) is 12.2. The smallest absolute Gasteiger partial charge is 0.315 e. The van der Waals surface area contributed by atoms with Crippen LogP contribution in [0, 0.1) is 5.41 Å². The first-order valence-electron chi connectivity index (χ1n) is 7.08. The molecule has 2 amide bonds. The van der Waals surface area contributed by atoms with Crippen LogP contribution in [0.2, 0.25) is 0 Å². The average molecular weight is 270 g/mol. The van der Waals surface area contributed by atoms with Gasteiger partial charge in [0.15, 0.2) is 0 Å². The highest BCUT2D eigenvalue weighted by Crippen LogP contribution is 2.22. The molecule has 5 nitrogen and oxygen atoms in total. The lowest BCUT2D eigenvalue weighted by Gasteiger charge is -2.31. The van der Waals surface area contributed by atoms with E-state index in [9.17, 15) is 9.59 Å². The molecular weight excluding hydrogens is 244 g/mol. The van der Waals surface area contributed by atoms with Crippen molar-refractivity contribution in [1.82, 2.24) is 10.6 Å². The summed E-state index contributed by atoms with van der Waals surface area (Å²) in [6.07, 6.45) is 5.54. The molecule has 1 aliphatic rings. The van der Waals surface area contributed by atoms with E-state index in [1.54, 1.807) is 0 Å². The lowest BCUT2D eigenvalue weighted by Crippen LogP contribution is -2.51. The van der Waals surface area contributed by atoms with Gasteiger partial charge in [0, 0.05) is 12.1 Å². The molecule has 3 N–H and O–H groups in total. The molecule has 0 bridgehead atoms. The van der Waals surface area contributed by atoms with Gasteiger partial charge in [-0.05, 0) is 18.3 Å².